The number of hydrogen-bond acceptors (Lipinski definition) is 4. The standard InChI is InChI=1S/C17H16ClNO3S/c1-2-22-17(21)14-12-8-7-10-5-3-4-6-11(10)15(12)23-16(14)19-13(20)9-18/h3-6H,2,7-9H2,1H3,(H,19,20). The predicted octanol–water partition coefficient (Wildman–Crippen LogP) is 3.87. The number of amides is 1. The second-order valence-corrected chi connectivity index (χ2v) is 6.46. The van der Waals surface area contributed by atoms with Crippen molar-refractivity contribution in [3.8, 4) is 10.4 Å². The zero-order chi connectivity index (χ0) is 16.4. The largest absolute Gasteiger partial charge is 0.462 e. The highest BCUT2D eigenvalue weighted by atomic mass is 35.5. The second-order valence-electron chi connectivity index (χ2n) is 5.17. The van der Waals surface area contributed by atoms with E-state index in [1.807, 2.05) is 18.2 Å². The van der Waals surface area contributed by atoms with Crippen molar-refractivity contribution in [1.29, 1.82) is 0 Å². The molecule has 1 N–H and O–H groups in total. The van der Waals surface area contributed by atoms with Crippen molar-refractivity contribution in [2.45, 2.75) is 19.8 Å². The van der Waals surface area contributed by atoms with Gasteiger partial charge in [-0.05, 0) is 36.5 Å². The van der Waals surface area contributed by atoms with E-state index in [9.17, 15) is 9.59 Å². The molecule has 0 unspecified atom stereocenters. The van der Waals surface area contributed by atoms with Gasteiger partial charge in [-0.2, -0.15) is 0 Å². The Bertz CT molecular complexity index is 769. The Morgan fingerprint density at radius 3 is 2.83 bits per heavy atom. The minimum Gasteiger partial charge on any atom is -0.462 e. The van der Waals surface area contributed by atoms with E-state index in [0.717, 1.165) is 28.8 Å². The van der Waals surface area contributed by atoms with Crippen LogP contribution in [-0.4, -0.2) is 24.4 Å². The molecule has 1 amide bonds. The number of halogens is 1. The van der Waals surface area contributed by atoms with E-state index in [0.29, 0.717) is 17.2 Å². The van der Waals surface area contributed by atoms with E-state index in [-0.39, 0.29) is 11.8 Å². The van der Waals surface area contributed by atoms with Crippen LogP contribution in [0.3, 0.4) is 0 Å². The van der Waals surface area contributed by atoms with Gasteiger partial charge < -0.3 is 10.1 Å². The number of thiophene rings is 1. The van der Waals surface area contributed by atoms with Crippen LogP contribution in [0.4, 0.5) is 5.00 Å². The van der Waals surface area contributed by atoms with Crippen molar-refractivity contribution in [1.82, 2.24) is 0 Å². The molecule has 0 saturated heterocycles. The van der Waals surface area contributed by atoms with E-state index in [1.54, 1.807) is 6.92 Å². The summed E-state index contributed by atoms with van der Waals surface area (Å²) < 4.78 is 5.18. The van der Waals surface area contributed by atoms with Crippen LogP contribution < -0.4 is 5.32 Å². The number of benzene rings is 1. The summed E-state index contributed by atoms with van der Waals surface area (Å²) in [6.45, 7) is 2.06. The first-order valence-corrected chi connectivity index (χ1v) is 8.77. The molecule has 1 aromatic heterocycles. The average Bonchev–Trinajstić information content (AvgIpc) is 2.93. The summed E-state index contributed by atoms with van der Waals surface area (Å²) in [7, 11) is 0. The molecule has 0 atom stereocenters. The fourth-order valence-corrected chi connectivity index (χ4v) is 4.19. The van der Waals surface area contributed by atoms with Crippen LogP contribution in [0.5, 0.6) is 0 Å². The van der Waals surface area contributed by atoms with E-state index in [2.05, 4.69) is 11.4 Å². The zero-order valence-corrected chi connectivity index (χ0v) is 14.2. The number of alkyl halides is 1. The van der Waals surface area contributed by atoms with Crippen LogP contribution >= 0.6 is 22.9 Å². The van der Waals surface area contributed by atoms with E-state index >= 15 is 0 Å². The number of rotatable bonds is 4. The van der Waals surface area contributed by atoms with Crippen LogP contribution in [0.1, 0.15) is 28.4 Å². The lowest BCUT2D eigenvalue weighted by molar-refractivity contribution is -0.113. The number of carbonyl (C=O) groups excluding carboxylic acids is 2. The van der Waals surface area contributed by atoms with E-state index in [1.165, 1.54) is 16.9 Å². The summed E-state index contributed by atoms with van der Waals surface area (Å²) in [4.78, 5) is 25.1. The summed E-state index contributed by atoms with van der Waals surface area (Å²) in [6.07, 6.45) is 1.63. The van der Waals surface area contributed by atoms with Gasteiger partial charge in [-0.3, -0.25) is 4.79 Å². The molecule has 1 aliphatic rings. The highest BCUT2D eigenvalue weighted by Gasteiger charge is 2.29. The maximum Gasteiger partial charge on any atom is 0.341 e. The third kappa shape index (κ3) is 2.99. The summed E-state index contributed by atoms with van der Waals surface area (Å²) in [5.41, 5.74) is 3.80. The van der Waals surface area contributed by atoms with Crippen molar-refractivity contribution in [2.75, 3.05) is 17.8 Å². The number of anilines is 1. The molecule has 1 heterocycles. The van der Waals surface area contributed by atoms with E-state index < -0.39 is 5.97 Å². The molecule has 120 valence electrons. The summed E-state index contributed by atoms with van der Waals surface area (Å²) in [6, 6.07) is 8.14. The number of ether oxygens (including phenoxy) is 1. The third-order valence-corrected chi connectivity index (χ3v) is 5.19. The van der Waals surface area contributed by atoms with Crippen molar-refractivity contribution in [2.24, 2.45) is 0 Å². The Kier molecular flexibility index (Phi) is 4.68. The molecule has 1 aromatic carbocycles. The lowest BCUT2D eigenvalue weighted by atomic mass is 9.89. The Hall–Kier alpha value is -1.85. The number of carbonyl (C=O) groups is 2. The van der Waals surface area contributed by atoms with Crippen molar-refractivity contribution in [3.63, 3.8) is 0 Å². The number of esters is 1. The summed E-state index contributed by atoms with van der Waals surface area (Å²) >= 11 is 6.99. The molecule has 3 rings (SSSR count). The summed E-state index contributed by atoms with van der Waals surface area (Å²) in [5.74, 6) is -0.875. The summed E-state index contributed by atoms with van der Waals surface area (Å²) in [5, 5.41) is 3.26. The Morgan fingerprint density at radius 2 is 2.09 bits per heavy atom. The van der Waals surface area contributed by atoms with Crippen LogP contribution in [0, 0.1) is 0 Å². The van der Waals surface area contributed by atoms with Crippen LogP contribution in [0.25, 0.3) is 10.4 Å². The number of hydrogen-bond donors (Lipinski definition) is 1. The van der Waals surface area contributed by atoms with Gasteiger partial charge in [0.25, 0.3) is 0 Å². The topological polar surface area (TPSA) is 55.4 Å². The van der Waals surface area contributed by atoms with Gasteiger partial charge >= 0.3 is 5.97 Å². The van der Waals surface area contributed by atoms with Gasteiger partial charge in [0.2, 0.25) is 5.91 Å². The highest BCUT2D eigenvalue weighted by molar-refractivity contribution is 7.20. The SMILES string of the molecule is CCOC(=O)c1c(NC(=O)CCl)sc2c1CCc1ccccc1-2. The minimum atomic E-state index is -0.394. The van der Waals surface area contributed by atoms with E-state index in [4.69, 9.17) is 16.3 Å². The fraction of sp³-hybridized carbons (Fsp3) is 0.294. The molecule has 4 nitrogen and oxygen atoms in total. The zero-order valence-electron chi connectivity index (χ0n) is 12.6. The molecule has 0 radical (unpaired) electrons. The first-order chi connectivity index (χ1) is 11.2. The van der Waals surface area contributed by atoms with Crippen molar-refractivity contribution >= 4 is 39.8 Å². The van der Waals surface area contributed by atoms with Gasteiger partial charge in [-0.1, -0.05) is 24.3 Å². The molecule has 6 heteroatoms. The molecular weight excluding hydrogens is 334 g/mol. The molecule has 1 aliphatic carbocycles. The Balaban J connectivity index is 2.13. The number of fused-ring (bicyclic) bond motifs is 3. The molecule has 0 aliphatic heterocycles. The minimum absolute atomic E-state index is 0.151. The predicted molar refractivity (Wildman–Crippen MR) is 92.5 cm³/mol. The molecule has 0 saturated carbocycles. The molecule has 0 fully saturated rings. The van der Waals surface area contributed by atoms with Gasteiger partial charge in [-0.25, -0.2) is 4.79 Å². The molecule has 0 spiro atoms. The van der Waals surface area contributed by atoms with Crippen molar-refractivity contribution < 1.29 is 14.3 Å². The second kappa shape index (κ2) is 6.72. The molecular formula is C17H16ClNO3S. The third-order valence-electron chi connectivity index (χ3n) is 3.77. The normalized spacial score (nSPS) is 12.3. The molecule has 0 bridgehead atoms. The fourth-order valence-electron chi connectivity index (χ4n) is 2.81. The van der Waals surface area contributed by atoms with Gasteiger partial charge in [0.05, 0.1) is 12.2 Å². The Morgan fingerprint density at radius 1 is 1.30 bits per heavy atom. The highest BCUT2D eigenvalue weighted by Crippen LogP contribution is 2.45. The lowest BCUT2D eigenvalue weighted by Crippen LogP contribution is -2.16. The van der Waals surface area contributed by atoms with Gasteiger partial charge in [0, 0.05) is 4.88 Å². The number of nitrogens with one attached hydrogen (secondary N) is 1. The quantitative estimate of drug-likeness (QED) is 0.673. The smallest absolute Gasteiger partial charge is 0.341 e. The first-order valence-electron chi connectivity index (χ1n) is 7.42. The Labute approximate surface area is 143 Å². The van der Waals surface area contributed by atoms with Crippen molar-refractivity contribution in [3.05, 3.63) is 41.0 Å². The lowest BCUT2D eigenvalue weighted by Gasteiger charge is -2.16. The van der Waals surface area contributed by atoms with Gasteiger partial charge in [-0.15, -0.1) is 22.9 Å². The molecule has 23 heavy (non-hydrogen) atoms. The average molecular weight is 350 g/mol. The monoisotopic (exact) mass is 349 g/mol. The maximum atomic E-state index is 12.4. The van der Waals surface area contributed by atoms with Crippen LogP contribution in [-0.2, 0) is 22.4 Å². The number of aryl methyl sites for hydroxylation is 1. The first kappa shape index (κ1) is 16.0. The van der Waals surface area contributed by atoms with Gasteiger partial charge in [0.1, 0.15) is 10.9 Å². The molecule has 2 aromatic rings. The maximum absolute atomic E-state index is 12.4. The van der Waals surface area contributed by atoms with Crippen LogP contribution in [0.2, 0.25) is 0 Å². The van der Waals surface area contributed by atoms with Crippen LogP contribution in [0.15, 0.2) is 24.3 Å². The van der Waals surface area contributed by atoms with Gasteiger partial charge in [0.15, 0.2) is 0 Å².